The number of hydrogen-bond acceptors (Lipinski definition) is 25. The molecule has 7 fully saturated rings. The van der Waals surface area contributed by atoms with Crippen molar-refractivity contribution in [2.75, 3.05) is 26.9 Å². The van der Waals surface area contributed by atoms with E-state index >= 15 is 0 Å². The largest absolute Gasteiger partial charge is 1.00 e. The SMILES string of the molecule is COC1C(O)C(CO)OC(OC2C(O)C(COS(=O)(=O)[O-])OC(OC3COC(OC4CCC5(C)C6=CCC7(C)C(C(C)=O)[C@H](OC(C)=O)CC[C@@]7(C)C6CCC5C4(C)C)C(OC4OC(C)C(O)C(O)C4O)C3O)C2O)C1O.[Na+]. The molecule has 8 aliphatic rings. The van der Waals surface area contributed by atoms with E-state index in [9.17, 15) is 68.5 Å². The molecular formula is C51H81NaO25S. The van der Waals surface area contributed by atoms with E-state index in [0.29, 0.717) is 25.7 Å². The van der Waals surface area contributed by atoms with Crippen LogP contribution in [0.3, 0.4) is 0 Å². The molecule has 0 spiro atoms. The summed E-state index contributed by atoms with van der Waals surface area (Å²) in [5.74, 6) is -0.652. The topological polar surface area (TPSA) is 375 Å². The van der Waals surface area contributed by atoms with E-state index in [1.54, 1.807) is 6.92 Å². The molecule has 442 valence electrons. The molecule has 25 unspecified atom stereocenters. The number of allylic oxidation sites excluding steroid dienone is 2. The van der Waals surface area contributed by atoms with Gasteiger partial charge >= 0.3 is 35.5 Å². The second-order valence-electron chi connectivity index (χ2n) is 23.9. The second-order valence-corrected chi connectivity index (χ2v) is 25.0. The average Bonchev–Trinajstić information content (AvgIpc) is 3.42. The number of ketones is 1. The number of ether oxygens (including phenoxy) is 10. The molecule has 0 amide bonds. The van der Waals surface area contributed by atoms with Gasteiger partial charge in [0.2, 0.25) is 10.4 Å². The van der Waals surface area contributed by atoms with Gasteiger partial charge in [0, 0.05) is 14.0 Å². The Hall–Kier alpha value is -0.970. The summed E-state index contributed by atoms with van der Waals surface area (Å²) in [6.45, 7) is 13.0. The minimum Gasteiger partial charge on any atom is -0.726 e. The third kappa shape index (κ3) is 11.9. The smallest absolute Gasteiger partial charge is 0.726 e. The molecule has 27 heteroatoms. The fraction of sp³-hybridized carbons (Fsp3) is 0.922. The number of rotatable bonds is 15. The number of Topliss-reactive ketones (excluding diaryl/α,β-unsaturated/α-hetero) is 1. The van der Waals surface area contributed by atoms with Crippen LogP contribution in [0.25, 0.3) is 0 Å². The Morgan fingerprint density at radius 1 is 0.692 bits per heavy atom. The summed E-state index contributed by atoms with van der Waals surface area (Å²) in [6.07, 6.45) is -26.1. The number of carbonyl (C=O) groups excluding carboxylic acids is 2. The van der Waals surface area contributed by atoms with Crippen LogP contribution < -0.4 is 29.6 Å². The molecule has 0 aromatic carbocycles. The Kier molecular flexibility index (Phi) is 20.3. The normalized spacial score (nSPS) is 49.4. The van der Waals surface area contributed by atoms with Crippen molar-refractivity contribution in [3.63, 3.8) is 0 Å². The van der Waals surface area contributed by atoms with Crippen molar-refractivity contribution in [2.45, 2.75) is 229 Å². The third-order valence-corrected chi connectivity index (χ3v) is 19.7. The number of methoxy groups -OCH3 is 1. The molecule has 3 saturated carbocycles. The predicted molar refractivity (Wildman–Crippen MR) is 258 cm³/mol. The molecule has 4 aliphatic heterocycles. The van der Waals surface area contributed by atoms with Crippen molar-refractivity contribution in [3.05, 3.63) is 11.6 Å². The van der Waals surface area contributed by atoms with Crippen molar-refractivity contribution in [1.29, 1.82) is 0 Å². The first-order valence-electron chi connectivity index (χ1n) is 26.7. The van der Waals surface area contributed by atoms with Gasteiger partial charge in [-0.25, -0.2) is 8.42 Å². The molecule has 8 rings (SSSR count). The van der Waals surface area contributed by atoms with Gasteiger partial charge in [-0.05, 0) is 92.3 Å². The Morgan fingerprint density at radius 3 is 1.94 bits per heavy atom. The first-order chi connectivity index (χ1) is 35.9. The number of hydrogen-bond donors (Lipinski definition) is 9. The van der Waals surface area contributed by atoms with Gasteiger partial charge in [-0.2, -0.15) is 0 Å². The van der Waals surface area contributed by atoms with Crippen molar-refractivity contribution < 1.29 is 150 Å². The summed E-state index contributed by atoms with van der Waals surface area (Å²) in [5.41, 5.74) is -0.257. The first kappa shape index (κ1) is 64.6. The molecule has 0 aromatic rings. The predicted octanol–water partition coefficient (Wildman–Crippen LogP) is -4.42. The van der Waals surface area contributed by atoms with E-state index in [0.717, 1.165) is 26.4 Å². The van der Waals surface area contributed by atoms with Gasteiger partial charge in [0.1, 0.15) is 97.3 Å². The molecule has 4 aliphatic carbocycles. The number of aliphatic hydroxyl groups is 9. The quantitative estimate of drug-likeness (QED) is 0.0187. The maximum atomic E-state index is 13.5. The van der Waals surface area contributed by atoms with Crippen LogP contribution >= 0.6 is 0 Å². The van der Waals surface area contributed by atoms with Gasteiger partial charge in [0.15, 0.2) is 25.2 Å². The van der Waals surface area contributed by atoms with Crippen molar-refractivity contribution in [1.82, 2.24) is 0 Å². The van der Waals surface area contributed by atoms with Crippen LogP contribution in [0.1, 0.15) is 100 Å². The molecule has 0 radical (unpaired) electrons. The molecule has 27 atom stereocenters. The Labute approximate surface area is 476 Å². The monoisotopic (exact) mass is 1150 g/mol. The van der Waals surface area contributed by atoms with Crippen LogP contribution in [0.15, 0.2) is 11.6 Å². The Balaban J connectivity index is 0.00000882. The summed E-state index contributed by atoms with van der Waals surface area (Å²) in [6, 6.07) is 0. The van der Waals surface area contributed by atoms with Gasteiger partial charge in [0.25, 0.3) is 0 Å². The Morgan fingerprint density at radius 2 is 1.31 bits per heavy atom. The Bertz CT molecular complexity index is 2240. The van der Waals surface area contributed by atoms with Crippen LogP contribution in [0.5, 0.6) is 0 Å². The molecule has 0 bridgehead atoms. The van der Waals surface area contributed by atoms with Gasteiger partial charge in [-0.15, -0.1) is 0 Å². The maximum absolute atomic E-state index is 13.5. The molecule has 4 heterocycles. The number of aliphatic hydroxyl groups excluding tert-OH is 9. The van der Waals surface area contributed by atoms with Crippen LogP contribution in [-0.4, -0.2) is 227 Å². The van der Waals surface area contributed by atoms with E-state index in [4.69, 9.17) is 47.4 Å². The molecule has 25 nitrogen and oxygen atoms in total. The van der Waals surface area contributed by atoms with Gasteiger partial charge in [0.05, 0.1) is 37.9 Å². The fourth-order valence-corrected chi connectivity index (χ4v) is 15.3. The third-order valence-electron chi connectivity index (χ3n) is 19.3. The van der Waals surface area contributed by atoms with Crippen LogP contribution in [0, 0.1) is 39.4 Å². The molecule has 9 N–H and O–H groups in total. The van der Waals surface area contributed by atoms with Gasteiger partial charge in [-0.1, -0.05) is 46.3 Å². The minimum atomic E-state index is -5.40. The van der Waals surface area contributed by atoms with Crippen molar-refractivity contribution >= 4 is 22.2 Å². The van der Waals surface area contributed by atoms with E-state index < -0.39 is 182 Å². The van der Waals surface area contributed by atoms with Crippen molar-refractivity contribution in [2.24, 2.45) is 39.4 Å². The summed E-state index contributed by atoms with van der Waals surface area (Å²) >= 11 is 0. The van der Waals surface area contributed by atoms with Crippen LogP contribution in [0.4, 0.5) is 0 Å². The zero-order valence-corrected chi connectivity index (χ0v) is 48.8. The standard InChI is InChI=1S/C51H82O25S.Na/c1-21(53)32-26(70-23(3)54)13-17-50(7)25-10-11-30-48(4,5)31(14-15-49(30,6)24(25)12-16-51(32,50)8)74-47-43(76-44-38(60)37(59)33(55)22(2)69-44)36(58)28(19-67-47)72-45-40(62)42(35(57)29(73-45)20-68-77(63,64)65)75-46-39(61)41(66-9)34(56)27(18-52)71-46;/h12,22,25-47,52,55-62H,10-11,13-20H2,1-9H3,(H,63,64,65);/q;+1/p-1/t22?,25?,26-,27?,28?,29?,30?,31?,32?,33?,34?,35?,36?,37?,38?,39?,40?,41?,42?,43?,44?,45?,46?,47?,49?,50+,51?;/m1./s1. The van der Waals surface area contributed by atoms with Crippen molar-refractivity contribution in [3.8, 4) is 0 Å². The molecule has 4 saturated heterocycles. The summed E-state index contributed by atoms with van der Waals surface area (Å²) in [4.78, 5) is 25.7. The van der Waals surface area contributed by atoms with Crippen LogP contribution in [0.2, 0.25) is 0 Å². The van der Waals surface area contributed by atoms with Gasteiger partial charge < -0.3 is 97.9 Å². The molecule has 0 aromatic heterocycles. The second kappa shape index (κ2) is 24.6. The summed E-state index contributed by atoms with van der Waals surface area (Å²) in [7, 11) is -4.24. The van der Waals surface area contributed by atoms with Crippen LogP contribution in [-0.2, 0) is 71.5 Å². The number of esters is 1. The number of fused-ring (bicyclic) bond motifs is 5. The van der Waals surface area contributed by atoms with E-state index in [2.05, 4.69) is 44.9 Å². The fourth-order valence-electron chi connectivity index (χ4n) is 15.0. The zero-order valence-electron chi connectivity index (χ0n) is 46.0. The molecular weight excluding hydrogens is 1070 g/mol. The minimum absolute atomic E-state index is 0. The zero-order chi connectivity index (χ0) is 56.6. The summed E-state index contributed by atoms with van der Waals surface area (Å²) < 4.78 is 98.6. The average molecular weight is 1150 g/mol. The maximum Gasteiger partial charge on any atom is 1.00 e. The molecule has 78 heavy (non-hydrogen) atoms. The first-order valence-corrected chi connectivity index (χ1v) is 28.0. The summed E-state index contributed by atoms with van der Waals surface area (Å²) in [5, 5.41) is 99.4. The van der Waals surface area contributed by atoms with E-state index in [-0.39, 0.29) is 58.0 Å². The van der Waals surface area contributed by atoms with E-state index in [1.165, 1.54) is 19.4 Å². The van der Waals surface area contributed by atoms with E-state index in [1.807, 2.05) is 0 Å². The van der Waals surface area contributed by atoms with Gasteiger partial charge in [-0.3, -0.25) is 13.8 Å². The number of carbonyl (C=O) groups is 2.